The average Bonchev–Trinajstić information content (AvgIpc) is 3.11. The van der Waals surface area contributed by atoms with E-state index in [1.165, 1.54) is 0 Å². The van der Waals surface area contributed by atoms with Gasteiger partial charge in [-0.2, -0.15) is 5.10 Å². The number of aryl methyl sites for hydroxylation is 1. The van der Waals surface area contributed by atoms with Gasteiger partial charge in [0.05, 0.1) is 12.4 Å². The van der Waals surface area contributed by atoms with Gasteiger partial charge < -0.3 is 15.3 Å². The zero-order chi connectivity index (χ0) is 22.4. The van der Waals surface area contributed by atoms with Crippen molar-refractivity contribution in [1.82, 2.24) is 30.3 Å². The third kappa shape index (κ3) is 5.93. The SMILES string of the molecule is CN(c1ncc(-c2ccc(-c3cnn(C)c3)cc2O)nn1)C1CC(C)(C)NC(C)(C)C1.Cl.Cl. The van der Waals surface area contributed by atoms with Crippen molar-refractivity contribution in [3.05, 3.63) is 36.8 Å². The van der Waals surface area contributed by atoms with Crippen molar-refractivity contribution in [1.29, 1.82) is 0 Å². The highest BCUT2D eigenvalue weighted by Crippen LogP contribution is 2.34. The van der Waals surface area contributed by atoms with E-state index < -0.39 is 0 Å². The number of hydrogen-bond acceptors (Lipinski definition) is 7. The molecule has 1 aliphatic rings. The van der Waals surface area contributed by atoms with Gasteiger partial charge in [0, 0.05) is 48.5 Å². The average molecular weight is 494 g/mol. The first-order chi connectivity index (χ1) is 14.5. The molecule has 4 rings (SSSR count). The summed E-state index contributed by atoms with van der Waals surface area (Å²) < 4.78 is 1.73. The zero-order valence-corrected chi connectivity index (χ0v) is 21.5. The molecule has 2 N–H and O–H groups in total. The Labute approximate surface area is 207 Å². The van der Waals surface area contributed by atoms with Crippen LogP contribution in [0.4, 0.5) is 5.95 Å². The van der Waals surface area contributed by atoms with Crippen molar-refractivity contribution in [2.75, 3.05) is 11.9 Å². The summed E-state index contributed by atoms with van der Waals surface area (Å²) in [4.78, 5) is 6.68. The Balaban J connectivity index is 0.00000193. The number of halogens is 2. The zero-order valence-electron chi connectivity index (χ0n) is 19.9. The van der Waals surface area contributed by atoms with E-state index in [0.717, 1.165) is 24.0 Å². The van der Waals surface area contributed by atoms with Gasteiger partial charge in [0.1, 0.15) is 11.4 Å². The van der Waals surface area contributed by atoms with E-state index in [1.54, 1.807) is 23.1 Å². The number of phenolic OH excluding ortho intramolecular Hbond substituents is 1. The molecule has 0 unspecified atom stereocenters. The number of anilines is 1. The third-order valence-electron chi connectivity index (χ3n) is 5.89. The van der Waals surface area contributed by atoms with E-state index in [4.69, 9.17) is 0 Å². The molecule has 3 aromatic rings. The van der Waals surface area contributed by atoms with Crippen LogP contribution < -0.4 is 10.2 Å². The molecular weight excluding hydrogens is 461 g/mol. The number of nitrogens with one attached hydrogen (secondary N) is 1. The lowest BCUT2D eigenvalue weighted by molar-refractivity contribution is 0.160. The summed E-state index contributed by atoms with van der Waals surface area (Å²) in [6.07, 6.45) is 7.34. The number of hydrogen-bond donors (Lipinski definition) is 2. The van der Waals surface area contributed by atoms with Gasteiger partial charge in [-0.25, -0.2) is 4.98 Å². The summed E-state index contributed by atoms with van der Waals surface area (Å²) in [6.45, 7) is 8.92. The minimum atomic E-state index is 0. The molecule has 0 spiro atoms. The van der Waals surface area contributed by atoms with Crippen LogP contribution in [0.25, 0.3) is 22.4 Å². The fourth-order valence-corrected chi connectivity index (χ4v) is 4.76. The molecule has 1 saturated heterocycles. The minimum absolute atomic E-state index is 0. The van der Waals surface area contributed by atoms with Gasteiger partial charge in [0.25, 0.3) is 0 Å². The summed E-state index contributed by atoms with van der Waals surface area (Å²) in [5.74, 6) is 0.731. The first kappa shape index (κ1) is 26.8. The van der Waals surface area contributed by atoms with Gasteiger partial charge >= 0.3 is 0 Å². The topological polar surface area (TPSA) is 92.0 Å². The van der Waals surface area contributed by atoms with Crippen molar-refractivity contribution >= 4 is 30.8 Å². The molecule has 0 atom stereocenters. The molecule has 1 aromatic carbocycles. The number of aromatic hydroxyl groups is 1. The number of nitrogens with zero attached hydrogens (tertiary/aromatic N) is 6. The van der Waals surface area contributed by atoms with Crippen LogP contribution in [0.1, 0.15) is 40.5 Å². The predicted molar refractivity (Wildman–Crippen MR) is 136 cm³/mol. The van der Waals surface area contributed by atoms with Crippen LogP contribution in [-0.4, -0.2) is 54.2 Å². The predicted octanol–water partition coefficient (Wildman–Crippen LogP) is 4.23. The highest BCUT2D eigenvalue weighted by Gasteiger charge is 2.39. The Hall–Kier alpha value is -2.42. The second kappa shape index (κ2) is 9.83. The van der Waals surface area contributed by atoms with Gasteiger partial charge in [-0.3, -0.25) is 4.68 Å². The molecule has 3 heterocycles. The van der Waals surface area contributed by atoms with E-state index in [1.807, 2.05) is 32.4 Å². The molecule has 0 bridgehead atoms. The molecule has 8 nitrogen and oxygen atoms in total. The quantitative estimate of drug-likeness (QED) is 0.561. The van der Waals surface area contributed by atoms with Gasteiger partial charge in [-0.05, 0) is 58.2 Å². The van der Waals surface area contributed by atoms with Crippen molar-refractivity contribution in [2.24, 2.45) is 7.05 Å². The number of phenols is 1. The Bertz CT molecular complexity index is 1070. The first-order valence-electron chi connectivity index (χ1n) is 10.6. The maximum Gasteiger partial charge on any atom is 0.245 e. The maximum absolute atomic E-state index is 10.6. The fourth-order valence-electron chi connectivity index (χ4n) is 4.76. The lowest BCUT2D eigenvalue weighted by Gasteiger charge is -2.48. The lowest BCUT2D eigenvalue weighted by Crippen LogP contribution is -2.62. The highest BCUT2D eigenvalue weighted by atomic mass is 35.5. The second-order valence-electron chi connectivity index (χ2n) is 9.84. The van der Waals surface area contributed by atoms with Gasteiger partial charge in [-0.1, -0.05) is 6.07 Å². The van der Waals surface area contributed by atoms with Crippen molar-refractivity contribution in [3.8, 4) is 28.1 Å². The smallest absolute Gasteiger partial charge is 0.245 e. The first-order valence-corrected chi connectivity index (χ1v) is 10.6. The van der Waals surface area contributed by atoms with Crippen LogP contribution in [0, 0.1) is 0 Å². The summed E-state index contributed by atoms with van der Waals surface area (Å²) in [7, 11) is 3.89. The van der Waals surface area contributed by atoms with Crippen LogP contribution in [0.5, 0.6) is 5.75 Å². The van der Waals surface area contributed by atoms with Gasteiger partial charge in [0.15, 0.2) is 0 Å². The Morgan fingerprint density at radius 3 is 2.21 bits per heavy atom. The number of rotatable bonds is 4. The molecule has 1 aliphatic heterocycles. The van der Waals surface area contributed by atoms with E-state index >= 15 is 0 Å². The number of benzene rings is 1. The van der Waals surface area contributed by atoms with Crippen LogP contribution in [-0.2, 0) is 7.05 Å². The highest BCUT2D eigenvalue weighted by molar-refractivity contribution is 5.85. The molecule has 0 aliphatic carbocycles. The largest absolute Gasteiger partial charge is 0.507 e. The molecule has 2 aromatic heterocycles. The summed E-state index contributed by atoms with van der Waals surface area (Å²) in [6, 6.07) is 5.80. The molecule has 1 fully saturated rings. The van der Waals surface area contributed by atoms with Crippen molar-refractivity contribution in [3.63, 3.8) is 0 Å². The van der Waals surface area contributed by atoms with Crippen LogP contribution in [0.2, 0.25) is 0 Å². The van der Waals surface area contributed by atoms with E-state index in [9.17, 15) is 5.11 Å². The summed E-state index contributed by atoms with van der Waals surface area (Å²) >= 11 is 0. The number of piperidine rings is 1. The third-order valence-corrected chi connectivity index (χ3v) is 5.89. The standard InChI is InChI=1S/C23H31N7O.2ClH/c1-22(2)10-17(11-23(3,4)28-22)30(6)21-24-13-19(26-27-21)18-8-7-15(9-20(18)31)16-12-25-29(5)14-16;;/h7-9,12-14,17,28,31H,10-11H2,1-6H3;2*1H. The fraction of sp³-hybridized carbons (Fsp3) is 0.478. The van der Waals surface area contributed by atoms with E-state index in [0.29, 0.717) is 23.2 Å². The molecule has 180 valence electrons. The molecule has 0 radical (unpaired) electrons. The molecule has 33 heavy (non-hydrogen) atoms. The normalized spacial score (nSPS) is 17.0. The Morgan fingerprint density at radius 2 is 1.70 bits per heavy atom. The lowest BCUT2D eigenvalue weighted by atomic mass is 9.79. The van der Waals surface area contributed by atoms with Crippen LogP contribution in [0.15, 0.2) is 36.8 Å². The molecule has 0 amide bonds. The van der Waals surface area contributed by atoms with Crippen molar-refractivity contribution in [2.45, 2.75) is 57.7 Å². The monoisotopic (exact) mass is 493 g/mol. The van der Waals surface area contributed by atoms with E-state index in [-0.39, 0.29) is 41.6 Å². The second-order valence-corrected chi connectivity index (χ2v) is 9.84. The van der Waals surface area contributed by atoms with Gasteiger partial charge in [-0.15, -0.1) is 35.0 Å². The summed E-state index contributed by atoms with van der Waals surface area (Å²) in [5, 5.41) is 27.2. The Morgan fingerprint density at radius 1 is 1.03 bits per heavy atom. The van der Waals surface area contributed by atoms with Crippen LogP contribution in [0.3, 0.4) is 0 Å². The molecular formula is C23H33Cl2N7O. The van der Waals surface area contributed by atoms with E-state index in [2.05, 4.69) is 58.2 Å². The number of aromatic nitrogens is 5. The summed E-state index contributed by atoms with van der Waals surface area (Å²) in [5.41, 5.74) is 3.05. The Kier molecular flexibility index (Phi) is 7.99. The maximum atomic E-state index is 10.6. The van der Waals surface area contributed by atoms with Crippen molar-refractivity contribution < 1.29 is 5.11 Å². The molecule has 10 heteroatoms. The van der Waals surface area contributed by atoms with Crippen LogP contribution >= 0.6 is 24.8 Å². The van der Waals surface area contributed by atoms with Gasteiger partial charge in [0.2, 0.25) is 5.95 Å². The minimum Gasteiger partial charge on any atom is -0.507 e. The molecule has 0 saturated carbocycles.